The van der Waals surface area contributed by atoms with Crippen LogP contribution in [0.25, 0.3) is 0 Å². The zero-order chi connectivity index (χ0) is 57.6. The second-order valence-electron chi connectivity index (χ2n) is 19.3. The minimum atomic E-state index is -1.79. The molecule has 18 N–H and O–H groups in total. The van der Waals surface area contributed by atoms with Crippen molar-refractivity contribution < 1.29 is 62.6 Å². The molecule has 11 amide bonds. The number of ether oxygens (including phenoxy) is 1. The number of primary amides is 3. The van der Waals surface area contributed by atoms with E-state index in [0.29, 0.717) is 30.4 Å². The molecule has 3 heterocycles. The Kier molecular flexibility index (Phi) is 24.0. The standard InChI is InChI=1S/C50H70N14O13S2/c51-38(66)15-14-32-43(71)62-35(24-39(52)67)46(74)63-36(48(76)64-19-5-9-37(64)47(75)60-31(8-4-18-56-49(54)55)42(70)57-26-40(53)68)27-78-79-50(16-20-77-21-17-50)25-41(69)58-33(23-29-10-12-30(65)13-11-29)44(72)61-34(45(73)59-32)22-28-6-2-1-3-7-28/h1-3,6-7,10-13,31-37,65H,4-5,8-9,14-27H2,(H2,51,66)(H2,52,67)(H2,53,68)(H,57,70)(H,58,69)(H,59,73)(H,60,75)(H,61,72)(H,62,71)(H,63,74)(H4,54,55,56)/t31-,32-,33-,34-,35-,36-,37-/m0/s1. The molecule has 0 aliphatic carbocycles. The zero-order valence-electron chi connectivity index (χ0n) is 43.4. The van der Waals surface area contributed by atoms with Crippen LogP contribution in [0.1, 0.15) is 75.3 Å². The van der Waals surface area contributed by atoms with E-state index in [0.717, 1.165) is 10.8 Å². The Morgan fingerprint density at radius 1 is 0.759 bits per heavy atom. The lowest BCUT2D eigenvalue weighted by Crippen LogP contribution is -2.61. The number of carbonyl (C=O) groups is 11. The molecule has 3 saturated heterocycles. The van der Waals surface area contributed by atoms with Crippen LogP contribution in [0.2, 0.25) is 0 Å². The Labute approximate surface area is 463 Å². The number of nitrogens with one attached hydrogen (secondary N) is 7. The Bertz CT molecular complexity index is 2550. The van der Waals surface area contributed by atoms with Crippen molar-refractivity contribution >= 4 is 92.5 Å². The maximum absolute atomic E-state index is 14.9. The lowest BCUT2D eigenvalue weighted by Gasteiger charge is -2.36. The number of phenolic OH excluding ortho intramolecular Hbond substituents is 1. The van der Waals surface area contributed by atoms with Gasteiger partial charge >= 0.3 is 0 Å². The van der Waals surface area contributed by atoms with Gasteiger partial charge in [0.25, 0.3) is 0 Å². The highest BCUT2D eigenvalue weighted by molar-refractivity contribution is 8.77. The summed E-state index contributed by atoms with van der Waals surface area (Å²) in [5, 5.41) is 28.3. The number of aromatic hydroxyl groups is 1. The average molecular weight is 1140 g/mol. The molecule has 0 saturated carbocycles. The molecule has 1 spiro atoms. The van der Waals surface area contributed by atoms with Crippen LogP contribution in [-0.2, 0) is 70.3 Å². The van der Waals surface area contributed by atoms with E-state index in [1.54, 1.807) is 42.5 Å². The van der Waals surface area contributed by atoms with Crippen LogP contribution >= 0.6 is 21.6 Å². The number of guanidine groups is 1. The molecular weight excluding hydrogens is 1070 g/mol. The lowest BCUT2D eigenvalue weighted by molar-refractivity contribution is -0.142. The summed E-state index contributed by atoms with van der Waals surface area (Å²) in [6.45, 7) is 0.0526. The molecular formula is C50H70N14O13S2. The summed E-state index contributed by atoms with van der Waals surface area (Å²) in [7, 11) is 2.35. The largest absolute Gasteiger partial charge is 0.508 e. The van der Waals surface area contributed by atoms with E-state index in [1.165, 1.54) is 27.8 Å². The molecule has 0 aromatic heterocycles. The van der Waals surface area contributed by atoms with E-state index in [9.17, 15) is 57.8 Å². The number of phenols is 1. The molecule has 430 valence electrons. The van der Waals surface area contributed by atoms with E-state index < -0.39 is 138 Å². The Morgan fingerprint density at radius 3 is 2.00 bits per heavy atom. The van der Waals surface area contributed by atoms with E-state index in [4.69, 9.17) is 33.4 Å². The summed E-state index contributed by atoms with van der Waals surface area (Å²) in [6.07, 6.45) is -0.786. The molecule has 3 fully saturated rings. The molecule has 5 rings (SSSR count). The molecule has 3 aliphatic rings. The van der Waals surface area contributed by atoms with Crippen molar-refractivity contribution in [3.63, 3.8) is 0 Å². The predicted molar refractivity (Wildman–Crippen MR) is 290 cm³/mol. The summed E-state index contributed by atoms with van der Waals surface area (Å²) < 4.78 is 4.81. The first-order valence-corrected chi connectivity index (χ1v) is 27.9. The zero-order valence-corrected chi connectivity index (χ0v) is 45.0. The first kappa shape index (κ1) is 62.2. The molecule has 29 heteroatoms. The van der Waals surface area contributed by atoms with Gasteiger partial charge in [0.1, 0.15) is 48.0 Å². The monoisotopic (exact) mass is 1140 g/mol. The fourth-order valence-corrected chi connectivity index (χ4v) is 12.2. The second-order valence-corrected chi connectivity index (χ2v) is 22.1. The van der Waals surface area contributed by atoms with Crippen LogP contribution in [-0.4, -0.2) is 167 Å². The second kappa shape index (κ2) is 30.5. The fraction of sp³-hybridized carbons (Fsp3) is 0.520. The lowest BCUT2D eigenvalue weighted by atomic mass is 9.94. The number of carbonyl (C=O) groups excluding carboxylic acids is 11. The molecule has 0 bridgehead atoms. The number of hydrogen-bond acceptors (Lipinski definition) is 16. The molecule has 27 nitrogen and oxygen atoms in total. The fourth-order valence-electron chi connectivity index (χ4n) is 9.00. The Hall–Kier alpha value is -7.66. The number of aliphatic imine (C=N–C) groups is 1. The molecule has 2 aromatic carbocycles. The van der Waals surface area contributed by atoms with Crippen molar-refractivity contribution in [3.05, 3.63) is 65.7 Å². The number of likely N-dealkylation sites (tertiary alicyclic amines) is 1. The van der Waals surface area contributed by atoms with Crippen molar-refractivity contribution in [1.29, 1.82) is 0 Å². The van der Waals surface area contributed by atoms with Gasteiger partial charge in [0.15, 0.2) is 5.96 Å². The van der Waals surface area contributed by atoms with Crippen LogP contribution in [0.3, 0.4) is 0 Å². The minimum Gasteiger partial charge on any atom is -0.508 e. The number of nitrogens with zero attached hydrogens (tertiary/aromatic N) is 2. The highest BCUT2D eigenvalue weighted by Crippen LogP contribution is 2.46. The molecule has 3 aliphatic heterocycles. The van der Waals surface area contributed by atoms with Crippen molar-refractivity contribution in [1.82, 2.24) is 42.1 Å². The van der Waals surface area contributed by atoms with Gasteiger partial charge in [-0.05, 0) is 68.2 Å². The topological polar surface area (TPSA) is 447 Å². The maximum Gasteiger partial charge on any atom is 0.246 e. The third-order valence-electron chi connectivity index (χ3n) is 13.1. The van der Waals surface area contributed by atoms with Gasteiger partial charge in [-0.25, -0.2) is 0 Å². The van der Waals surface area contributed by atoms with Crippen LogP contribution in [0, 0.1) is 0 Å². The van der Waals surface area contributed by atoms with Gasteiger partial charge in [-0.1, -0.05) is 64.1 Å². The summed E-state index contributed by atoms with van der Waals surface area (Å²) in [6, 6.07) is 4.43. The van der Waals surface area contributed by atoms with Gasteiger partial charge in [0.05, 0.1) is 13.0 Å². The quantitative estimate of drug-likeness (QED) is 0.0278. The van der Waals surface area contributed by atoms with Gasteiger partial charge in [0, 0.05) is 62.5 Å². The maximum atomic E-state index is 14.9. The van der Waals surface area contributed by atoms with Crippen molar-refractivity contribution in [2.75, 3.05) is 38.6 Å². The predicted octanol–water partition coefficient (Wildman–Crippen LogP) is -3.79. The highest BCUT2D eigenvalue weighted by atomic mass is 33.1. The molecule has 0 radical (unpaired) electrons. The Morgan fingerprint density at radius 2 is 1.37 bits per heavy atom. The first-order valence-electron chi connectivity index (χ1n) is 25.6. The molecule has 79 heavy (non-hydrogen) atoms. The Balaban J connectivity index is 1.53. The summed E-state index contributed by atoms with van der Waals surface area (Å²) >= 11 is 0. The average Bonchev–Trinajstić information content (AvgIpc) is 3.98. The molecule has 7 atom stereocenters. The van der Waals surface area contributed by atoms with Crippen molar-refractivity contribution in [3.8, 4) is 5.75 Å². The molecule has 2 aromatic rings. The van der Waals surface area contributed by atoms with E-state index in [-0.39, 0.29) is 82.3 Å². The number of benzene rings is 2. The van der Waals surface area contributed by atoms with E-state index in [1.807, 2.05) is 0 Å². The van der Waals surface area contributed by atoms with E-state index in [2.05, 4.69) is 42.2 Å². The highest BCUT2D eigenvalue weighted by Gasteiger charge is 2.42. The number of rotatable bonds is 19. The number of hydrogen-bond donors (Lipinski definition) is 13. The number of amides is 11. The summed E-state index contributed by atoms with van der Waals surface area (Å²) in [5.41, 5.74) is 28.3. The van der Waals surface area contributed by atoms with Crippen molar-refractivity contribution in [2.24, 2.45) is 33.7 Å². The van der Waals surface area contributed by atoms with Gasteiger partial charge in [-0.2, -0.15) is 0 Å². The molecule has 0 unspecified atom stereocenters. The van der Waals surface area contributed by atoms with Gasteiger partial charge in [0.2, 0.25) is 65.0 Å². The van der Waals surface area contributed by atoms with Gasteiger partial charge in [-0.3, -0.25) is 57.7 Å². The van der Waals surface area contributed by atoms with Crippen LogP contribution in [0.15, 0.2) is 59.6 Å². The third kappa shape index (κ3) is 20.3. The van der Waals surface area contributed by atoms with Crippen LogP contribution in [0.4, 0.5) is 0 Å². The van der Waals surface area contributed by atoms with Gasteiger partial charge < -0.3 is 80.6 Å². The van der Waals surface area contributed by atoms with Crippen LogP contribution in [0.5, 0.6) is 5.75 Å². The first-order chi connectivity index (χ1) is 37.6. The van der Waals surface area contributed by atoms with E-state index >= 15 is 0 Å². The van der Waals surface area contributed by atoms with Crippen LogP contribution < -0.4 is 65.9 Å². The third-order valence-corrected chi connectivity index (χ3v) is 16.4. The normalized spacial score (nSPS) is 22.8. The SMILES string of the molecule is NC(=O)CC[C@@H]1NC(=O)[C@H](Cc2ccccc2)NC(=O)[C@H](Cc2ccc(O)cc2)NC(=O)CC2(CCOCC2)SSC[C@@H](C(=O)N2CCC[C@H]2C(=O)N[C@@H](CCCN=C(N)N)C(=O)NCC(N)=O)NC(=O)[C@H](CC(N)=O)NC1=O. The number of nitrogens with two attached hydrogens (primary N) is 5. The minimum absolute atomic E-state index is 0.00567. The smallest absolute Gasteiger partial charge is 0.246 e. The van der Waals surface area contributed by atoms with Crippen molar-refractivity contribution in [2.45, 2.75) is 124 Å². The summed E-state index contributed by atoms with van der Waals surface area (Å²) in [4.78, 5) is 156. The van der Waals surface area contributed by atoms with Gasteiger partial charge in [-0.15, -0.1) is 0 Å². The summed E-state index contributed by atoms with van der Waals surface area (Å²) in [5.74, 6) is -9.92.